The van der Waals surface area contributed by atoms with E-state index in [0.717, 1.165) is 56.3 Å². The molecule has 1 heterocycles. The van der Waals surface area contributed by atoms with Crippen LogP contribution in [-0.2, 0) is 22.7 Å². The van der Waals surface area contributed by atoms with Crippen LogP contribution in [0.1, 0.15) is 11.1 Å². The summed E-state index contributed by atoms with van der Waals surface area (Å²) in [7, 11) is 5.00. The molecule has 2 aromatic carbocycles. The fraction of sp³-hybridized carbons (Fsp3) is 0.391. The van der Waals surface area contributed by atoms with Crippen molar-refractivity contribution in [3.8, 4) is 17.2 Å². The van der Waals surface area contributed by atoms with Crippen molar-refractivity contribution in [1.29, 1.82) is 0 Å². The zero-order valence-corrected chi connectivity index (χ0v) is 20.5. The summed E-state index contributed by atoms with van der Waals surface area (Å²) in [6, 6.07) is 12.4. The van der Waals surface area contributed by atoms with Gasteiger partial charge in [-0.05, 0) is 17.7 Å². The quantitative estimate of drug-likeness (QED) is 0.528. The molecule has 1 aliphatic heterocycles. The molecule has 0 atom stereocenters. The summed E-state index contributed by atoms with van der Waals surface area (Å²) in [6.45, 7) is 5.99. The maximum absolute atomic E-state index is 9.10. The maximum Gasteiger partial charge on any atom is 0.414 e. The van der Waals surface area contributed by atoms with Crippen molar-refractivity contribution in [3.63, 3.8) is 0 Å². The van der Waals surface area contributed by atoms with Gasteiger partial charge < -0.3 is 24.4 Å². The molecule has 33 heavy (non-hydrogen) atoms. The van der Waals surface area contributed by atoms with Crippen molar-refractivity contribution < 1.29 is 34.0 Å². The number of ether oxygens (including phenoxy) is 3. The second kappa shape index (κ2) is 13.0. The highest BCUT2D eigenvalue weighted by atomic mass is 79.9. The molecule has 2 aromatic rings. The Hall–Kier alpha value is -2.82. The maximum atomic E-state index is 9.10. The van der Waals surface area contributed by atoms with Crippen LogP contribution in [0.5, 0.6) is 17.2 Å². The molecule has 0 spiro atoms. The first-order valence-electron chi connectivity index (χ1n) is 10.2. The molecule has 180 valence electrons. The smallest absolute Gasteiger partial charge is 0.414 e. The Morgan fingerprint density at radius 1 is 0.788 bits per heavy atom. The van der Waals surface area contributed by atoms with Crippen molar-refractivity contribution in [2.24, 2.45) is 0 Å². The van der Waals surface area contributed by atoms with Gasteiger partial charge in [-0.3, -0.25) is 9.80 Å². The molecule has 0 aromatic heterocycles. The predicted octanol–water partition coefficient (Wildman–Crippen LogP) is 2.95. The van der Waals surface area contributed by atoms with E-state index in [1.165, 1.54) is 10.0 Å². The van der Waals surface area contributed by atoms with Crippen LogP contribution >= 0.6 is 15.9 Å². The van der Waals surface area contributed by atoms with Crippen molar-refractivity contribution >= 4 is 27.9 Å². The number of benzene rings is 2. The van der Waals surface area contributed by atoms with Crippen LogP contribution in [0.3, 0.4) is 0 Å². The van der Waals surface area contributed by atoms with E-state index in [9.17, 15) is 0 Å². The van der Waals surface area contributed by atoms with E-state index in [4.69, 9.17) is 34.0 Å². The van der Waals surface area contributed by atoms with E-state index >= 15 is 0 Å². The van der Waals surface area contributed by atoms with E-state index in [0.29, 0.717) is 5.75 Å². The number of carboxylic acid groups (broad SMARTS) is 2. The van der Waals surface area contributed by atoms with Crippen LogP contribution < -0.4 is 14.2 Å². The van der Waals surface area contributed by atoms with Crippen LogP contribution in [0.4, 0.5) is 0 Å². The number of piperazine rings is 1. The summed E-state index contributed by atoms with van der Waals surface area (Å²) in [5.74, 6) is -1.38. The zero-order valence-electron chi connectivity index (χ0n) is 18.9. The highest BCUT2D eigenvalue weighted by molar-refractivity contribution is 9.10. The predicted molar refractivity (Wildman–Crippen MR) is 126 cm³/mol. The van der Waals surface area contributed by atoms with E-state index in [1.807, 2.05) is 12.1 Å². The Morgan fingerprint density at radius 2 is 1.24 bits per heavy atom. The van der Waals surface area contributed by atoms with Crippen LogP contribution in [0.15, 0.2) is 40.9 Å². The summed E-state index contributed by atoms with van der Waals surface area (Å²) in [5.41, 5.74) is 2.46. The van der Waals surface area contributed by atoms with Gasteiger partial charge in [0, 0.05) is 55.4 Å². The topological polar surface area (TPSA) is 109 Å². The lowest BCUT2D eigenvalue weighted by Gasteiger charge is -2.35. The summed E-state index contributed by atoms with van der Waals surface area (Å²) in [6.07, 6.45) is 0. The Bertz CT molecular complexity index is 934. The van der Waals surface area contributed by atoms with Gasteiger partial charge in [0.1, 0.15) is 5.75 Å². The molecule has 0 aliphatic carbocycles. The van der Waals surface area contributed by atoms with Crippen molar-refractivity contribution in [3.05, 3.63) is 52.0 Å². The molecule has 0 unspecified atom stereocenters. The van der Waals surface area contributed by atoms with Gasteiger partial charge in [0.05, 0.1) is 21.3 Å². The lowest BCUT2D eigenvalue weighted by Crippen LogP contribution is -2.45. The zero-order chi connectivity index (χ0) is 24.4. The highest BCUT2D eigenvalue weighted by Gasteiger charge is 2.20. The number of methoxy groups -OCH3 is 3. The third kappa shape index (κ3) is 7.92. The second-order valence-electron chi connectivity index (χ2n) is 7.27. The van der Waals surface area contributed by atoms with Crippen molar-refractivity contribution in [1.82, 2.24) is 9.80 Å². The fourth-order valence-corrected chi connectivity index (χ4v) is 3.84. The first-order valence-corrected chi connectivity index (χ1v) is 11.0. The van der Waals surface area contributed by atoms with Crippen LogP contribution in [0, 0.1) is 0 Å². The number of carbonyl (C=O) groups is 2. The number of aliphatic carboxylic acids is 2. The van der Waals surface area contributed by atoms with Gasteiger partial charge in [-0.2, -0.15) is 0 Å². The Labute approximate surface area is 201 Å². The molecule has 0 amide bonds. The van der Waals surface area contributed by atoms with E-state index < -0.39 is 11.9 Å². The molecule has 0 radical (unpaired) electrons. The average molecular weight is 525 g/mol. The second-order valence-corrected chi connectivity index (χ2v) is 8.13. The standard InChI is InChI=1S/C21H27BrN2O3.C2H2O4/c1-25-19-13-21(27-3)20(26-2)12-17(19)15-24-10-8-23(9-11-24)14-16-6-4-5-7-18(16)22;3-1(4)2(5)6/h4-7,12-13H,8-11,14-15H2,1-3H3;(H,3,4)(H,5,6). The molecule has 0 bridgehead atoms. The molecule has 9 nitrogen and oxygen atoms in total. The molecule has 2 N–H and O–H groups in total. The van der Waals surface area contributed by atoms with Gasteiger partial charge in [0.25, 0.3) is 0 Å². The minimum atomic E-state index is -1.82. The number of carboxylic acids is 2. The highest BCUT2D eigenvalue weighted by Crippen LogP contribution is 2.35. The van der Waals surface area contributed by atoms with E-state index in [2.05, 4.69) is 50.0 Å². The van der Waals surface area contributed by atoms with Crippen molar-refractivity contribution in [2.45, 2.75) is 13.1 Å². The molecule has 0 saturated carbocycles. The van der Waals surface area contributed by atoms with E-state index in [1.54, 1.807) is 21.3 Å². The van der Waals surface area contributed by atoms with Gasteiger partial charge in [-0.25, -0.2) is 9.59 Å². The normalized spacial score (nSPS) is 14.1. The average Bonchev–Trinajstić information content (AvgIpc) is 2.81. The monoisotopic (exact) mass is 524 g/mol. The van der Waals surface area contributed by atoms with Gasteiger partial charge in [-0.1, -0.05) is 34.1 Å². The summed E-state index contributed by atoms with van der Waals surface area (Å²) < 4.78 is 17.6. The van der Waals surface area contributed by atoms with Crippen molar-refractivity contribution in [2.75, 3.05) is 47.5 Å². The fourth-order valence-electron chi connectivity index (χ4n) is 3.43. The van der Waals surface area contributed by atoms with Crippen LogP contribution in [0.2, 0.25) is 0 Å². The molecular weight excluding hydrogens is 496 g/mol. The van der Waals surface area contributed by atoms with Gasteiger partial charge in [0.15, 0.2) is 11.5 Å². The Morgan fingerprint density at radius 3 is 1.70 bits per heavy atom. The van der Waals surface area contributed by atoms with Gasteiger partial charge in [-0.15, -0.1) is 0 Å². The summed E-state index contributed by atoms with van der Waals surface area (Å²) >= 11 is 3.65. The summed E-state index contributed by atoms with van der Waals surface area (Å²) in [5, 5.41) is 14.8. The summed E-state index contributed by atoms with van der Waals surface area (Å²) in [4.78, 5) is 23.2. The molecule has 10 heteroatoms. The first kappa shape index (κ1) is 26.4. The lowest BCUT2D eigenvalue weighted by molar-refractivity contribution is -0.159. The van der Waals surface area contributed by atoms with Crippen LogP contribution in [-0.4, -0.2) is 79.5 Å². The number of rotatable bonds is 7. The number of nitrogens with zero attached hydrogens (tertiary/aromatic N) is 2. The lowest BCUT2D eigenvalue weighted by atomic mass is 10.1. The van der Waals surface area contributed by atoms with Gasteiger partial charge >= 0.3 is 11.9 Å². The number of hydrogen-bond acceptors (Lipinski definition) is 7. The third-order valence-corrected chi connectivity index (χ3v) is 5.95. The van der Waals surface area contributed by atoms with E-state index in [-0.39, 0.29) is 0 Å². The van der Waals surface area contributed by atoms with Crippen LogP contribution in [0.25, 0.3) is 0 Å². The largest absolute Gasteiger partial charge is 0.496 e. The Kier molecular flexibility index (Phi) is 10.4. The minimum Gasteiger partial charge on any atom is -0.496 e. The third-order valence-electron chi connectivity index (χ3n) is 5.18. The minimum absolute atomic E-state index is 0.691. The molecule has 1 fully saturated rings. The number of halogens is 1. The molecule has 1 saturated heterocycles. The molecule has 3 rings (SSSR count). The molecular formula is C23H29BrN2O7. The SMILES string of the molecule is COc1cc(OC)c(OC)cc1CN1CCN(Cc2ccccc2Br)CC1.O=C(O)C(=O)O. The molecule has 1 aliphatic rings. The number of hydrogen-bond donors (Lipinski definition) is 2. The van der Waals surface area contributed by atoms with Gasteiger partial charge in [0.2, 0.25) is 0 Å². The first-order chi connectivity index (χ1) is 15.8. The Balaban J connectivity index is 0.000000569.